The third-order valence-electron chi connectivity index (χ3n) is 6.03. The second kappa shape index (κ2) is 8.81. The van der Waals surface area contributed by atoms with Crippen molar-refractivity contribution < 1.29 is 9.21 Å². The molecule has 2 aromatic heterocycles. The summed E-state index contributed by atoms with van der Waals surface area (Å²) in [5, 5.41) is 12.1. The minimum absolute atomic E-state index is 0.0812. The van der Waals surface area contributed by atoms with Crippen LogP contribution in [0.3, 0.4) is 0 Å². The maximum Gasteiger partial charge on any atom is 0.288 e. The maximum absolute atomic E-state index is 12.9. The van der Waals surface area contributed by atoms with Crippen molar-refractivity contribution in [2.45, 2.75) is 32.1 Å². The molecule has 2 saturated heterocycles. The number of piperazine rings is 1. The fraction of sp³-hybridized carbons (Fsp3) is 0.524. The Bertz CT molecular complexity index is 902. The molecular weight excluding hydrogens is 382 g/mol. The number of nitriles is 1. The van der Waals surface area contributed by atoms with Crippen molar-refractivity contribution in [3.05, 3.63) is 42.2 Å². The maximum atomic E-state index is 12.9. The quantitative estimate of drug-likeness (QED) is 0.811. The number of aromatic nitrogens is 2. The number of furan rings is 1. The van der Waals surface area contributed by atoms with Gasteiger partial charge in [-0.2, -0.15) is 5.26 Å². The van der Waals surface area contributed by atoms with E-state index in [-0.39, 0.29) is 29.8 Å². The van der Waals surface area contributed by atoms with Crippen LogP contribution in [0.25, 0.3) is 0 Å². The number of nitrogens with zero attached hydrogens (tertiary/aromatic N) is 6. The Morgan fingerprint density at radius 1 is 1.23 bits per heavy atom. The zero-order valence-electron chi connectivity index (χ0n) is 17.4. The Morgan fingerprint density at radius 3 is 2.70 bits per heavy atom. The third kappa shape index (κ3) is 4.15. The van der Waals surface area contributed by atoms with Gasteiger partial charge in [-0.3, -0.25) is 19.6 Å². The van der Waals surface area contributed by atoms with Crippen LogP contribution in [-0.4, -0.2) is 71.2 Å². The van der Waals surface area contributed by atoms with Crippen LogP contribution in [0.5, 0.6) is 0 Å². The van der Waals surface area contributed by atoms with E-state index in [9.17, 15) is 4.79 Å². The predicted molar refractivity (Wildman–Crippen MR) is 110 cm³/mol. The summed E-state index contributed by atoms with van der Waals surface area (Å²) in [6, 6.07) is 4.96. The minimum Gasteiger partial charge on any atom is -0.440 e. The summed E-state index contributed by atoms with van der Waals surface area (Å²) in [5.41, 5.74) is 0. The Hall–Kier alpha value is -2.96. The van der Waals surface area contributed by atoms with Crippen LogP contribution in [0.15, 0.2) is 35.1 Å². The van der Waals surface area contributed by atoms with Gasteiger partial charge in [0.2, 0.25) is 5.76 Å². The number of amides is 1. The third-order valence-corrected chi connectivity index (χ3v) is 6.03. The number of nitrogens with one attached hydrogen (secondary N) is 1. The van der Waals surface area contributed by atoms with Gasteiger partial charge in [-0.05, 0) is 37.9 Å². The minimum atomic E-state index is -0.329. The molecule has 0 aromatic carbocycles. The largest absolute Gasteiger partial charge is 0.440 e. The molecule has 9 nitrogen and oxygen atoms in total. The highest BCUT2D eigenvalue weighted by atomic mass is 16.3. The van der Waals surface area contributed by atoms with E-state index in [1.165, 1.54) is 12.1 Å². The lowest BCUT2D eigenvalue weighted by Gasteiger charge is -2.52. The van der Waals surface area contributed by atoms with Gasteiger partial charge in [0, 0.05) is 38.6 Å². The van der Waals surface area contributed by atoms with Crippen molar-refractivity contribution in [1.29, 1.82) is 5.26 Å². The number of carbonyl (C=O) groups is 1. The SMILES string of the molecule is CC1CCN(C2C(NC(=O)c3ccc(C#N)o3)N(C)CCN2c2cnccn2)CC1. The summed E-state index contributed by atoms with van der Waals surface area (Å²) < 4.78 is 5.34. The Balaban J connectivity index is 1.62. The molecule has 2 aliphatic heterocycles. The lowest BCUT2D eigenvalue weighted by atomic mass is 9.98. The summed E-state index contributed by atoms with van der Waals surface area (Å²) in [7, 11) is 2.02. The molecule has 0 radical (unpaired) electrons. The van der Waals surface area contributed by atoms with Gasteiger partial charge >= 0.3 is 0 Å². The Kier molecular flexibility index (Phi) is 5.97. The van der Waals surface area contributed by atoms with E-state index in [0.29, 0.717) is 5.92 Å². The molecule has 0 aliphatic carbocycles. The molecule has 4 heterocycles. The summed E-state index contributed by atoms with van der Waals surface area (Å²) in [4.78, 5) is 28.5. The molecule has 2 aliphatic rings. The molecule has 9 heteroatoms. The highest BCUT2D eigenvalue weighted by Gasteiger charge is 2.41. The summed E-state index contributed by atoms with van der Waals surface area (Å²) in [6.07, 6.45) is 7.04. The normalized spacial score (nSPS) is 23.8. The standard InChI is InChI=1S/C21H27N7O2/c1-15-5-9-27(10-6-15)21-19(25-20(29)17-4-3-16(13-22)30-17)26(2)11-12-28(21)18-14-23-7-8-24-18/h3-4,7-8,14-15,19,21H,5-6,9-12H2,1-2H3,(H,25,29). The molecule has 1 N–H and O–H groups in total. The highest BCUT2D eigenvalue weighted by molar-refractivity contribution is 5.91. The van der Waals surface area contributed by atoms with Crippen molar-refractivity contribution >= 4 is 11.7 Å². The molecule has 1 amide bonds. The molecule has 158 valence electrons. The molecule has 0 spiro atoms. The van der Waals surface area contributed by atoms with Crippen molar-refractivity contribution in [2.24, 2.45) is 5.92 Å². The van der Waals surface area contributed by atoms with Gasteiger partial charge in [0.15, 0.2) is 5.76 Å². The van der Waals surface area contributed by atoms with E-state index in [1.807, 2.05) is 13.1 Å². The first-order valence-corrected chi connectivity index (χ1v) is 10.3. The molecule has 2 fully saturated rings. The fourth-order valence-corrected chi connectivity index (χ4v) is 4.22. The summed E-state index contributed by atoms with van der Waals surface area (Å²) in [5.74, 6) is 1.44. The number of anilines is 1. The monoisotopic (exact) mass is 409 g/mol. The van der Waals surface area contributed by atoms with Crippen LogP contribution >= 0.6 is 0 Å². The average Bonchev–Trinajstić information content (AvgIpc) is 3.26. The van der Waals surface area contributed by atoms with Gasteiger partial charge in [0.1, 0.15) is 24.2 Å². The van der Waals surface area contributed by atoms with E-state index in [4.69, 9.17) is 9.68 Å². The van der Waals surface area contributed by atoms with Gasteiger partial charge in [-0.15, -0.1) is 0 Å². The zero-order valence-corrected chi connectivity index (χ0v) is 17.4. The van der Waals surface area contributed by atoms with Crippen LogP contribution in [-0.2, 0) is 0 Å². The zero-order chi connectivity index (χ0) is 21.1. The van der Waals surface area contributed by atoms with Gasteiger partial charge in [0.05, 0.1) is 6.20 Å². The lowest BCUT2D eigenvalue weighted by Crippen LogP contribution is -2.70. The van der Waals surface area contributed by atoms with Crippen LogP contribution in [0, 0.1) is 17.2 Å². The van der Waals surface area contributed by atoms with Gasteiger partial charge in [-0.1, -0.05) is 6.92 Å². The highest BCUT2D eigenvalue weighted by Crippen LogP contribution is 2.27. The first-order chi connectivity index (χ1) is 14.6. The first-order valence-electron chi connectivity index (χ1n) is 10.3. The molecule has 2 atom stereocenters. The fourth-order valence-electron chi connectivity index (χ4n) is 4.22. The molecule has 0 saturated carbocycles. The van der Waals surface area contributed by atoms with Crippen molar-refractivity contribution in [3.63, 3.8) is 0 Å². The van der Waals surface area contributed by atoms with E-state index >= 15 is 0 Å². The van der Waals surface area contributed by atoms with Crippen LogP contribution in [0.4, 0.5) is 5.82 Å². The van der Waals surface area contributed by atoms with E-state index in [2.05, 4.69) is 36.9 Å². The second-order valence-electron chi connectivity index (χ2n) is 8.06. The second-order valence-corrected chi connectivity index (χ2v) is 8.06. The summed E-state index contributed by atoms with van der Waals surface area (Å²) in [6.45, 7) is 5.76. The van der Waals surface area contributed by atoms with Crippen molar-refractivity contribution in [1.82, 2.24) is 25.1 Å². The average molecular weight is 409 g/mol. The van der Waals surface area contributed by atoms with Crippen LogP contribution in [0.2, 0.25) is 0 Å². The molecule has 30 heavy (non-hydrogen) atoms. The number of piperidine rings is 1. The number of carbonyl (C=O) groups excluding carboxylic acids is 1. The number of rotatable bonds is 4. The Labute approximate surface area is 176 Å². The van der Waals surface area contributed by atoms with E-state index in [1.54, 1.807) is 18.6 Å². The van der Waals surface area contributed by atoms with E-state index in [0.717, 1.165) is 44.8 Å². The number of hydrogen-bond acceptors (Lipinski definition) is 8. The number of hydrogen-bond donors (Lipinski definition) is 1. The lowest BCUT2D eigenvalue weighted by molar-refractivity contribution is 0.0256. The van der Waals surface area contributed by atoms with Crippen LogP contribution < -0.4 is 10.2 Å². The van der Waals surface area contributed by atoms with Crippen molar-refractivity contribution in [2.75, 3.05) is 38.1 Å². The molecule has 4 rings (SSSR count). The number of likely N-dealkylation sites (N-methyl/N-ethyl adjacent to an activating group) is 1. The smallest absolute Gasteiger partial charge is 0.288 e. The van der Waals surface area contributed by atoms with Crippen LogP contribution in [0.1, 0.15) is 36.1 Å². The topological polar surface area (TPSA) is 102 Å². The first kappa shape index (κ1) is 20.3. The number of likely N-dealkylation sites (tertiary alicyclic amines) is 1. The molecule has 2 aromatic rings. The predicted octanol–water partition coefficient (Wildman–Crippen LogP) is 1.51. The molecular formula is C21H27N7O2. The summed E-state index contributed by atoms with van der Waals surface area (Å²) >= 11 is 0. The molecule has 0 bridgehead atoms. The van der Waals surface area contributed by atoms with Gasteiger partial charge in [0.25, 0.3) is 5.91 Å². The van der Waals surface area contributed by atoms with Gasteiger partial charge in [-0.25, -0.2) is 4.98 Å². The molecule has 2 unspecified atom stereocenters. The van der Waals surface area contributed by atoms with E-state index < -0.39 is 0 Å². The Morgan fingerprint density at radius 2 is 2.03 bits per heavy atom. The van der Waals surface area contributed by atoms with Gasteiger partial charge < -0.3 is 14.6 Å². The van der Waals surface area contributed by atoms with Crippen molar-refractivity contribution in [3.8, 4) is 6.07 Å².